The Morgan fingerprint density at radius 3 is 3.00 bits per heavy atom. The Morgan fingerprint density at radius 2 is 2.27 bits per heavy atom. The Hall–Kier alpha value is -2.57. The van der Waals surface area contributed by atoms with E-state index >= 15 is 0 Å². The van der Waals surface area contributed by atoms with Crippen LogP contribution in [0.1, 0.15) is 6.42 Å². The van der Waals surface area contributed by atoms with E-state index in [1.807, 2.05) is 18.2 Å². The molecule has 2 rings (SSSR count). The fourth-order valence-corrected chi connectivity index (χ4v) is 2.00. The van der Waals surface area contributed by atoms with Crippen LogP contribution < -0.4 is 22.1 Å². The van der Waals surface area contributed by atoms with Crippen molar-refractivity contribution in [3.63, 3.8) is 0 Å². The summed E-state index contributed by atoms with van der Waals surface area (Å²) in [6.45, 7) is 0. The fourth-order valence-electron chi connectivity index (χ4n) is 2.00. The molecule has 6 heteroatoms. The number of benzene rings is 1. The first-order valence-electron chi connectivity index (χ1n) is 6.96. The molecule has 0 saturated heterocycles. The minimum atomic E-state index is -0.979. The number of aliphatic hydroxyl groups is 1. The van der Waals surface area contributed by atoms with E-state index in [2.05, 4.69) is 10.6 Å². The molecule has 0 radical (unpaired) electrons. The Labute approximate surface area is 129 Å². The Balaban J connectivity index is 1.85. The molecule has 116 valence electrons. The van der Waals surface area contributed by atoms with E-state index in [0.717, 1.165) is 12.1 Å². The van der Waals surface area contributed by atoms with Crippen molar-refractivity contribution in [2.45, 2.75) is 18.7 Å². The topological polar surface area (TPSA) is 113 Å². The standard InChI is InChI=1S/C16H20N4O2/c17-11-3-1-5-13(9-11)19-15(21)7-8-16(22)20-14-6-2-4-12(18)10-14/h1-3,5-10,12,16,20,22H,4,17-18H2,(H,19,21)/b8-7-/t12?,16-/m0/s1. The van der Waals surface area contributed by atoms with Crippen LogP contribution in [-0.4, -0.2) is 23.3 Å². The van der Waals surface area contributed by atoms with Crippen LogP contribution in [0, 0.1) is 0 Å². The van der Waals surface area contributed by atoms with Crippen molar-refractivity contribution >= 4 is 17.3 Å². The van der Waals surface area contributed by atoms with Crippen molar-refractivity contribution in [3.8, 4) is 0 Å². The van der Waals surface area contributed by atoms with Gasteiger partial charge in [-0.05, 0) is 42.8 Å². The Kier molecular flexibility index (Phi) is 5.35. The van der Waals surface area contributed by atoms with Gasteiger partial charge in [-0.1, -0.05) is 12.1 Å². The number of anilines is 2. The average molecular weight is 300 g/mol. The minimum Gasteiger partial charge on any atom is -0.399 e. The maximum Gasteiger partial charge on any atom is 0.248 e. The first-order valence-corrected chi connectivity index (χ1v) is 6.96. The van der Waals surface area contributed by atoms with Crippen LogP contribution in [0.5, 0.6) is 0 Å². The quantitative estimate of drug-likeness (QED) is 0.314. The van der Waals surface area contributed by atoms with E-state index in [-0.39, 0.29) is 11.9 Å². The van der Waals surface area contributed by atoms with Crippen molar-refractivity contribution in [2.24, 2.45) is 5.73 Å². The molecule has 0 spiro atoms. The van der Waals surface area contributed by atoms with Gasteiger partial charge in [0.25, 0.3) is 0 Å². The third kappa shape index (κ3) is 5.08. The molecule has 0 aliphatic heterocycles. The predicted octanol–water partition coefficient (Wildman–Crippen LogP) is 0.843. The fraction of sp³-hybridized carbons (Fsp3) is 0.188. The van der Waals surface area contributed by atoms with Gasteiger partial charge in [-0.2, -0.15) is 0 Å². The summed E-state index contributed by atoms with van der Waals surface area (Å²) in [4.78, 5) is 11.7. The number of allylic oxidation sites excluding steroid dienone is 1. The van der Waals surface area contributed by atoms with Gasteiger partial charge in [0.15, 0.2) is 0 Å². The number of hydrogen-bond acceptors (Lipinski definition) is 5. The van der Waals surface area contributed by atoms with Crippen LogP contribution in [0.4, 0.5) is 11.4 Å². The number of nitrogens with one attached hydrogen (secondary N) is 2. The summed E-state index contributed by atoms with van der Waals surface area (Å²) in [7, 11) is 0. The third-order valence-electron chi connectivity index (χ3n) is 3.00. The summed E-state index contributed by atoms with van der Waals surface area (Å²) in [6.07, 6.45) is 8.00. The summed E-state index contributed by atoms with van der Waals surface area (Å²) >= 11 is 0. The number of carbonyl (C=O) groups is 1. The third-order valence-corrected chi connectivity index (χ3v) is 3.00. The number of rotatable bonds is 5. The molecule has 1 aliphatic carbocycles. The molecule has 0 saturated carbocycles. The first-order chi connectivity index (χ1) is 10.5. The highest BCUT2D eigenvalue weighted by Gasteiger charge is 2.07. The molecule has 1 aromatic carbocycles. The zero-order valence-corrected chi connectivity index (χ0v) is 12.1. The molecule has 1 aliphatic rings. The number of nitrogens with two attached hydrogens (primary N) is 2. The Morgan fingerprint density at radius 1 is 1.45 bits per heavy atom. The SMILES string of the molecule is Nc1cccc(NC(=O)/C=C\[C@H](O)NC2=CC(N)CC=C2)c1. The van der Waals surface area contributed by atoms with Crippen LogP contribution in [-0.2, 0) is 4.79 Å². The van der Waals surface area contributed by atoms with Gasteiger partial charge in [-0.25, -0.2) is 0 Å². The minimum absolute atomic E-state index is 0.0597. The average Bonchev–Trinajstić information content (AvgIpc) is 2.45. The maximum absolute atomic E-state index is 11.7. The zero-order valence-electron chi connectivity index (χ0n) is 12.1. The highest BCUT2D eigenvalue weighted by atomic mass is 16.3. The van der Waals surface area contributed by atoms with Gasteiger partial charge in [0, 0.05) is 29.2 Å². The molecular weight excluding hydrogens is 280 g/mol. The molecule has 22 heavy (non-hydrogen) atoms. The number of aliphatic hydroxyl groups excluding tert-OH is 1. The van der Waals surface area contributed by atoms with Crippen LogP contribution in [0.3, 0.4) is 0 Å². The lowest BCUT2D eigenvalue weighted by Crippen LogP contribution is -2.29. The first kappa shape index (κ1) is 15.8. The summed E-state index contributed by atoms with van der Waals surface area (Å²) in [5.41, 5.74) is 13.3. The van der Waals surface area contributed by atoms with E-state index in [4.69, 9.17) is 11.5 Å². The zero-order chi connectivity index (χ0) is 15.9. The van der Waals surface area contributed by atoms with Crippen LogP contribution in [0.15, 0.2) is 60.3 Å². The predicted molar refractivity (Wildman–Crippen MR) is 87.6 cm³/mol. The molecule has 0 aromatic heterocycles. The lowest BCUT2D eigenvalue weighted by Gasteiger charge is -2.16. The Bertz CT molecular complexity index is 622. The van der Waals surface area contributed by atoms with Gasteiger partial charge < -0.3 is 27.2 Å². The smallest absolute Gasteiger partial charge is 0.248 e. The lowest BCUT2D eigenvalue weighted by atomic mass is 10.1. The van der Waals surface area contributed by atoms with Crippen LogP contribution in [0.25, 0.3) is 0 Å². The van der Waals surface area contributed by atoms with E-state index in [0.29, 0.717) is 11.4 Å². The molecule has 0 fully saturated rings. The molecule has 2 atom stereocenters. The van der Waals surface area contributed by atoms with Gasteiger partial charge in [-0.15, -0.1) is 0 Å². The van der Waals surface area contributed by atoms with Crippen molar-refractivity contribution in [3.05, 3.63) is 60.3 Å². The van der Waals surface area contributed by atoms with E-state index < -0.39 is 6.23 Å². The lowest BCUT2D eigenvalue weighted by molar-refractivity contribution is -0.112. The number of carbonyl (C=O) groups excluding carboxylic acids is 1. The number of amides is 1. The molecule has 1 amide bonds. The van der Waals surface area contributed by atoms with Gasteiger partial charge >= 0.3 is 0 Å². The van der Waals surface area contributed by atoms with Crippen LogP contribution in [0.2, 0.25) is 0 Å². The molecule has 1 aromatic rings. The maximum atomic E-state index is 11.7. The number of hydrogen-bond donors (Lipinski definition) is 5. The molecule has 0 bridgehead atoms. The van der Waals surface area contributed by atoms with Crippen molar-refractivity contribution in [1.29, 1.82) is 0 Å². The molecule has 1 unspecified atom stereocenters. The normalized spacial score (nSPS) is 18.8. The molecule has 0 heterocycles. The summed E-state index contributed by atoms with van der Waals surface area (Å²) < 4.78 is 0. The van der Waals surface area contributed by atoms with E-state index in [9.17, 15) is 9.90 Å². The molecule has 6 nitrogen and oxygen atoms in total. The van der Waals surface area contributed by atoms with Crippen molar-refractivity contribution < 1.29 is 9.90 Å². The highest BCUT2D eigenvalue weighted by molar-refractivity contribution is 5.99. The van der Waals surface area contributed by atoms with Crippen LogP contribution >= 0.6 is 0 Å². The molecular formula is C16H20N4O2. The van der Waals surface area contributed by atoms with Gasteiger partial charge in [0.05, 0.1) is 0 Å². The van der Waals surface area contributed by atoms with Gasteiger partial charge in [0.2, 0.25) is 5.91 Å². The van der Waals surface area contributed by atoms with E-state index in [1.54, 1.807) is 24.3 Å². The second-order valence-corrected chi connectivity index (χ2v) is 4.99. The monoisotopic (exact) mass is 300 g/mol. The highest BCUT2D eigenvalue weighted by Crippen LogP contribution is 2.11. The van der Waals surface area contributed by atoms with E-state index in [1.165, 1.54) is 12.2 Å². The largest absolute Gasteiger partial charge is 0.399 e. The summed E-state index contributed by atoms with van der Waals surface area (Å²) in [6, 6.07) is 6.80. The summed E-state index contributed by atoms with van der Waals surface area (Å²) in [5, 5.41) is 15.3. The van der Waals surface area contributed by atoms with Gasteiger partial charge in [0.1, 0.15) is 6.23 Å². The van der Waals surface area contributed by atoms with Crippen molar-refractivity contribution in [2.75, 3.05) is 11.1 Å². The number of nitrogen functional groups attached to an aromatic ring is 1. The molecule has 7 N–H and O–H groups in total. The second kappa shape index (κ2) is 7.44. The van der Waals surface area contributed by atoms with Gasteiger partial charge in [-0.3, -0.25) is 4.79 Å². The second-order valence-electron chi connectivity index (χ2n) is 4.99. The summed E-state index contributed by atoms with van der Waals surface area (Å²) in [5.74, 6) is -0.351. The van der Waals surface area contributed by atoms with Crippen molar-refractivity contribution in [1.82, 2.24) is 5.32 Å².